The zero-order valence-corrected chi connectivity index (χ0v) is 19.7. The van der Waals surface area contributed by atoms with Crippen LogP contribution in [-0.4, -0.2) is 17.9 Å². The molecule has 4 aliphatic carbocycles. The van der Waals surface area contributed by atoms with E-state index in [2.05, 4.69) is 27.7 Å². The number of allylic oxidation sites excluding steroid dienone is 2. The standard InChI is InChI=1S/C27H42O3/c1-5-6-7-8-9-25(29)30-24-13-12-22-21-11-10-19-17-20(28)16-18(2)27(19,4)23(21)14-15-26(22,24)3/h16,19,21-24H,5-15,17H2,1-4H3/t19?,21-,22-,23-,24?,26-,27-/m0/s1. The summed E-state index contributed by atoms with van der Waals surface area (Å²) in [5.74, 6) is 2.95. The molecule has 0 radical (unpaired) electrons. The van der Waals surface area contributed by atoms with E-state index in [4.69, 9.17) is 4.74 Å². The Hall–Kier alpha value is -1.12. The molecule has 0 aromatic rings. The average molecular weight is 415 g/mol. The summed E-state index contributed by atoms with van der Waals surface area (Å²) < 4.78 is 6.12. The van der Waals surface area contributed by atoms with Crippen LogP contribution in [0.2, 0.25) is 0 Å². The fraction of sp³-hybridized carbons (Fsp3) is 0.852. The Kier molecular flexibility index (Phi) is 6.21. The van der Waals surface area contributed by atoms with Gasteiger partial charge in [-0.2, -0.15) is 0 Å². The first-order chi connectivity index (χ1) is 14.3. The zero-order valence-electron chi connectivity index (χ0n) is 19.7. The molecule has 3 saturated carbocycles. The number of esters is 1. The van der Waals surface area contributed by atoms with Crippen molar-refractivity contribution in [2.45, 2.75) is 111 Å². The van der Waals surface area contributed by atoms with Crippen LogP contribution in [0, 0.1) is 34.5 Å². The number of ketones is 1. The van der Waals surface area contributed by atoms with Crippen molar-refractivity contribution >= 4 is 11.8 Å². The molecule has 0 aromatic heterocycles. The lowest BCUT2D eigenvalue weighted by molar-refractivity contribution is -0.161. The summed E-state index contributed by atoms with van der Waals surface area (Å²) in [6, 6.07) is 0. The van der Waals surface area contributed by atoms with E-state index in [-0.39, 0.29) is 22.9 Å². The van der Waals surface area contributed by atoms with E-state index in [9.17, 15) is 9.59 Å². The maximum atomic E-state index is 12.5. The zero-order chi connectivity index (χ0) is 21.5. The minimum Gasteiger partial charge on any atom is -0.462 e. The summed E-state index contributed by atoms with van der Waals surface area (Å²) >= 11 is 0. The van der Waals surface area contributed by atoms with Gasteiger partial charge in [-0.15, -0.1) is 0 Å². The fourth-order valence-electron chi connectivity index (χ4n) is 8.12. The first-order valence-electron chi connectivity index (χ1n) is 12.7. The minimum absolute atomic E-state index is 0.0281. The van der Waals surface area contributed by atoms with Crippen molar-refractivity contribution in [3.05, 3.63) is 11.6 Å². The normalized spacial score (nSPS) is 42.7. The summed E-state index contributed by atoms with van der Waals surface area (Å²) in [4.78, 5) is 24.7. The molecule has 0 aliphatic heterocycles. The monoisotopic (exact) mass is 414 g/mol. The molecule has 4 rings (SSSR count). The van der Waals surface area contributed by atoms with E-state index in [0.29, 0.717) is 30.0 Å². The van der Waals surface area contributed by atoms with Gasteiger partial charge in [-0.25, -0.2) is 0 Å². The minimum atomic E-state index is 0.0281. The number of rotatable bonds is 6. The lowest BCUT2D eigenvalue weighted by atomic mass is 9.45. The molecule has 7 atom stereocenters. The third kappa shape index (κ3) is 3.58. The molecule has 0 amide bonds. The van der Waals surface area contributed by atoms with Crippen LogP contribution in [0.4, 0.5) is 0 Å². The first-order valence-corrected chi connectivity index (χ1v) is 12.7. The molecular formula is C27H42O3. The Balaban J connectivity index is 1.46. The van der Waals surface area contributed by atoms with Gasteiger partial charge < -0.3 is 4.74 Å². The molecule has 3 fully saturated rings. The molecule has 30 heavy (non-hydrogen) atoms. The predicted molar refractivity (Wildman–Crippen MR) is 120 cm³/mol. The molecule has 0 aromatic carbocycles. The van der Waals surface area contributed by atoms with Gasteiger partial charge in [0.15, 0.2) is 5.78 Å². The number of hydrogen-bond donors (Lipinski definition) is 0. The lowest BCUT2D eigenvalue weighted by Gasteiger charge is -2.60. The van der Waals surface area contributed by atoms with Crippen LogP contribution in [0.3, 0.4) is 0 Å². The summed E-state index contributed by atoms with van der Waals surface area (Å²) in [7, 11) is 0. The Morgan fingerprint density at radius 1 is 1.07 bits per heavy atom. The van der Waals surface area contributed by atoms with Crippen LogP contribution in [0.25, 0.3) is 0 Å². The van der Waals surface area contributed by atoms with E-state index in [0.717, 1.165) is 38.0 Å². The quantitative estimate of drug-likeness (QED) is 0.361. The highest BCUT2D eigenvalue weighted by Gasteiger charge is 2.61. The van der Waals surface area contributed by atoms with Crippen molar-refractivity contribution < 1.29 is 14.3 Å². The van der Waals surface area contributed by atoms with Crippen LogP contribution in [-0.2, 0) is 14.3 Å². The third-order valence-electron chi connectivity index (χ3n) is 10.00. The molecule has 0 saturated heterocycles. The molecule has 3 nitrogen and oxygen atoms in total. The Morgan fingerprint density at radius 2 is 1.87 bits per heavy atom. The van der Waals surface area contributed by atoms with Crippen molar-refractivity contribution in [1.29, 1.82) is 0 Å². The summed E-state index contributed by atoms with van der Waals surface area (Å²) in [5.41, 5.74) is 1.66. The topological polar surface area (TPSA) is 43.4 Å². The molecule has 0 heterocycles. The highest BCUT2D eigenvalue weighted by atomic mass is 16.5. The van der Waals surface area contributed by atoms with Crippen molar-refractivity contribution in [3.8, 4) is 0 Å². The molecule has 0 spiro atoms. The maximum absolute atomic E-state index is 12.5. The lowest BCUT2D eigenvalue weighted by Crippen LogP contribution is -2.54. The van der Waals surface area contributed by atoms with Gasteiger partial charge in [-0.3, -0.25) is 9.59 Å². The van der Waals surface area contributed by atoms with Gasteiger partial charge in [-0.1, -0.05) is 45.6 Å². The summed E-state index contributed by atoms with van der Waals surface area (Å²) in [6.45, 7) is 9.28. The molecule has 0 N–H and O–H groups in total. The number of carbonyl (C=O) groups excluding carboxylic acids is 2. The number of fused-ring (bicyclic) bond motifs is 5. The van der Waals surface area contributed by atoms with Gasteiger partial charge in [0.1, 0.15) is 6.10 Å². The van der Waals surface area contributed by atoms with Crippen LogP contribution in [0.15, 0.2) is 11.6 Å². The Morgan fingerprint density at radius 3 is 2.63 bits per heavy atom. The van der Waals surface area contributed by atoms with Gasteiger partial charge >= 0.3 is 5.97 Å². The molecule has 3 heteroatoms. The number of carbonyl (C=O) groups is 2. The predicted octanol–water partition coefficient (Wildman–Crippen LogP) is 6.65. The second-order valence-corrected chi connectivity index (χ2v) is 11.3. The van der Waals surface area contributed by atoms with E-state index >= 15 is 0 Å². The Bertz CT molecular complexity index is 709. The van der Waals surface area contributed by atoms with Crippen LogP contribution >= 0.6 is 0 Å². The molecule has 168 valence electrons. The summed E-state index contributed by atoms with van der Waals surface area (Å²) in [5, 5.41) is 0. The van der Waals surface area contributed by atoms with E-state index in [1.807, 2.05) is 6.08 Å². The van der Waals surface area contributed by atoms with Gasteiger partial charge in [0, 0.05) is 18.3 Å². The summed E-state index contributed by atoms with van der Waals surface area (Å²) in [6.07, 6.45) is 15.0. The molecule has 2 unspecified atom stereocenters. The molecule has 0 bridgehead atoms. The van der Waals surface area contributed by atoms with Crippen molar-refractivity contribution in [2.24, 2.45) is 34.5 Å². The second kappa shape index (κ2) is 8.43. The number of unbranched alkanes of at least 4 members (excludes halogenated alkanes) is 3. The third-order valence-corrected chi connectivity index (χ3v) is 10.00. The van der Waals surface area contributed by atoms with Crippen molar-refractivity contribution in [3.63, 3.8) is 0 Å². The highest BCUT2D eigenvalue weighted by Crippen LogP contribution is 2.66. The largest absolute Gasteiger partial charge is 0.462 e. The van der Waals surface area contributed by atoms with Gasteiger partial charge in [-0.05, 0) is 87.0 Å². The van der Waals surface area contributed by atoms with Gasteiger partial charge in [0.2, 0.25) is 0 Å². The van der Waals surface area contributed by atoms with Gasteiger partial charge in [0.25, 0.3) is 0 Å². The van der Waals surface area contributed by atoms with Crippen molar-refractivity contribution in [2.75, 3.05) is 0 Å². The van der Waals surface area contributed by atoms with E-state index in [1.54, 1.807) is 0 Å². The number of hydrogen-bond acceptors (Lipinski definition) is 3. The number of ether oxygens (including phenoxy) is 1. The van der Waals surface area contributed by atoms with Crippen LogP contribution in [0.5, 0.6) is 0 Å². The SMILES string of the molecule is CCCCCCC(=O)OC1CC[C@H]2[C@@H]3CCC4CC(=O)C=C(C)[C@]4(C)[C@H]3CC[C@]12C. The first kappa shape index (κ1) is 22.1. The molecule has 4 aliphatic rings. The Labute approximate surface area is 183 Å². The molecular weight excluding hydrogens is 372 g/mol. The highest BCUT2D eigenvalue weighted by molar-refractivity contribution is 5.91. The van der Waals surface area contributed by atoms with E-state index in [1.165, 1.54) is 44.1 Å². The van der Waals surface area contributed by atoms with E-state index < -0.39 is 0 Å². The maximum Gasteiger partial charge on any atom is 0.306 e. The fourth-order valence-corrected chi connectivity index (χ4v) is 8.12. The average Bonchev–Trinajstić information content (AvgIpc) is 3.03. The van der Waals surface area contributed by atoms with Crippen LogP contribution in [0.1, 0.15) is 105 Å². The van der Waals surface area contributed by atoms with Gasteiger partial charge in [0.05, 0.1) is 0 Å². The van der Waals surface area contributed by atoms with Crippen molar-refractivity contribution in [1.82, 2.24) is 0 Å². The second-order valence-electron chi connectivity index (χ2n) is 11.3. The van der Waals surface area contributed by atoms with Crippen LogP contribution < -0.4 is 0 Å². The smallest absolute Gasteiger partial charge is 0.306 e.